The molecule has 0 saturated heterocycles. The molecule has 0 aromatic heterocycles. The smallest absolute Gasteiger partial charge is 0.314 e. The van der Waals surface area contributed by atoms with E-state index in [1.807, 2.05) is 6.92 Å². The number of hydrogen-bond donors (Lipinski definition) is 3. The summed E-state index contributed by atoms with van der Waals surface area (Å²) in [6.45, 7) is 2.87. The van der Waals surface area contributed by atoms with Gasteiger partial charge in [-0.3, -0.25) is 0 Å². The summed E-state index contributed by atoms with van der Waals surface area (Å²) in [6.07, 6.45) is 1.20. The number of rotatable bonds is 6. The first-order chi connectivity index (χ1) is 6.45. The zero-order valence-electron chi connectivity index (χ0n) is 8.25. The quantitative estimate of drug-likeness (QED) is 0.523. The van der Waals surface area contributed by atoms with E-state index in [-0.39, 0.29) is 11.8 Å². The van der Waals surface area contributed by atoms with Crippen LogP contribution in [0.5, 0.6) is 0 Å². The number of carbonyl (C=O) groups excluding carboxylic acids is 1. The Kier molecular flexibility index (Phi) is 6.22. The van der Waals surface area contributed by atoms with Gasteiger partial charge in [0.1, 0.15) is 0 Å². The molecule has 0 aliphatic carbocycles. The average molecular weight is 223 g/mol. The number of nitrogens with one attached hydrogen (secondary N) is 2. The molecule has 0 aliphatic rings. The fourth-order valence-electron chi connectivity index (χ4n) is 0.776. The molecule has 7 heteroatoms. The normalized spacial score (nSPS) is 11.0. The fraction of sp³-hybridized carbons (Fsp3) is 0.857. The molecule has 0 saturated carbocycles. The molecule has 0 unspecified atom stereocenters. The summed E-state index contributed by atoms with van der Waals surface area (Å²) >= 11 is 0. The van der Waals surface area contributed by atoms with E-state index in [1.165, 1.54) is 0 Å². The molecule has 0 bridgehead atoms. The van der Waals surface area contributed by atoms with Crippen molar-refractivity contribution in [3.05, 3.63) is 0 Å². The monoisotopic (exact) mass is 223 g/mol. The summed E-state index contributed by atoms with van der Waals surface area (Å²) in [4.78, 5) is 10.9. The van der Waals surface area contributed by atoms with Gasteiger partial charge in [0.2, 0.25) is 10.0 Å². The van der Waals surface area contributed by atoms with Crippen molar-refractivity contribution < 1.29 is 13.2 Å². The van der Waals surface area contributed by atoms with Crippen LogP contribution in [0.2, 0.25) is 0 Å². The number of amides is 2. The minimum absolute atomic E-state index is 0.110. The summed E-state index contributed by atoms with van der Waals surface area (Å²) in [6, 6.07) is -0.277. The van der Waals surface area contributed by atoms with Crippen molar-refractivity contribution in [2.45, 2.75) is 19.8 Å². The number of nitrogens with two attached hydrogens (primary N) is 1. The van der Waals surface area contributed by atoms with E-state index >= 15 is 0 Å². The molecule has 0 atom stereocenters. The number of urea groups is 1. The first-order valence-electron chi connectivity index (χ1n) is 4.48. The van der Waals surface area contributed by atoms with Gasteiger partial charge in [-0.25, -0.2) is 18.4 Å². The highest BCUT2D eigenvalue weighted by Crippen LogP contribution is 1.83. The van der Waals surface area contributed by atoms with Gasteiger partial charge in [-0.1, -0.05) is 6.92 Å². The highest BCUT2D eigenvalue weighted by atomic mass is 32.2. The Balaban J connectivity index is 3.41. The van der Waals surface area contributed by atoms with E-state index in [9.17, 15) is 13.2 Å². The second kappa shape index (κ2) is 6.61. The number of primary sulfonamides is 1. The molecule has 0 radical (unpaired) electrons. The Morgan fingerprint density at radius 1 is 1.29 bits per heavy atom. The molecule has 0 aliphatic heterocycles. The van der Waals surface area contributed by atoms with Gasteiger partial charge < -0.3 is 10.6 Å². The zero-order valence-corrected chi connectivity index (χ0v) is 9.06. The van der Waals surface area contributed by atoms with Gasteiger partial charge in [0, 0.05) is 13.1 Å². The van der Waals surface area contributed by atoms with Crippen LogP contribution in [0.15, 0.2) is 0 Å². The van der Waals surface area contributed by atoms with Crippen LogP contribution in [0.25, 0.3) is 0 Å². The third-order valence-electron chi connectivity index (χ3n) is 1.43. The van der Waals surface area contributed by atoms with Crippen LogP contribution in [-0.2, 0) is 10.0 Å². The Labute approximate surface area is 84.3 Å². The van der Waals surface area contributed by atoms with Gasteiger partial charge in [-0.05, 0) is 12.8 Å². The molecule has 84 valence electrons. The van der Waals surface area contributed by atoms with Gasteiger partial charge >= 0.3 is 6.03 Å². The molecule has 0 fully saturated rings. The number of sulfonamides is 1. The molecule has 0 aromatic carbocycles. The van der Waals surface area contributed by atoms with Crippen LogP contribution in [0.3, 0.4) is 0 Å². The maximum absolute atomic E-state index is 10.9. The van der Waals surface area contributed by atoms with Crippen molar-refractivity contribution in [3.8, 4) is 0 Å². The lowest BCUT2D eigenvalue weighted by Gasteiger charge is -2.05. The van der Waals surface area contributed by atoms with E-state index in [4.69, 9.17) is 5.14 Å². The summed E-state index contributed by atoms with van der Waals surface area (Å²) in [7, 11) is -3.41. The van der Waals surface area contributed by atoms with Crippen LogP contribution in [0.1, 0.15) is 19.8 Å². The highest BCUT2D eigenvalue weighted by molar-refractivity contribution is 7.89. The summed E-state index contributed by atoms with van der Waals surface area (Å²) < 4.78 is 21.0. The van der Waals surface area contributed by atoms with Crippen LogP contribution in [0, 0.1) is 0 Å². The van der Waals surface area contributed by atoms with Crippen LogP contribution >= 0.6 is 0 Å². The van der Waals surface area contributed by atoms with Crippen molar-refractivity contribution >= 4 is 16.1 Å². The maximum atomic E-state index is 10.9. The van der Waals surface area contributed by atoms with Crippen LogP contribution in [-0.4, -0.2) is 33.3 Å². The second-order valence-corrected chi connectivity index (χ2v) is 4.64. The number of hydrogen-bond acceptors (Lipinski definition) is 3. The van der Waals surface area contributed by atoms with E-state index in [0.717, 1.165) is 6.42 Å². The van der Waals surface area contributed by atoms with Gasteiger partial charge in [-0.15, -0.1) is 0 Å². The third kappa shape index (κ3) is 9.27. The molecule has 0 rings (SSSR count). The topological polar surface area (TPSA) is 101 Å². The second-order valence-electron chi connectivity index (χ2n) is 2.90. The highest BCUT2D eigenvalue weighted by Gasteiger charge is 2.02. The lowest BCUT2D eigenvalue weighted by molar-refractivity contribution is 0.241. The predicted molar refractivity (Wildman–Crippen MR) is 54.3 cm³/mol. The lowest BCUT2D eigenvalue weighted by atomic mass is 10.5. The Bertz CT molecular complexity index is 263. The Morgan fingerprint density at radius 3 is 2.36 bits per heavy atom. The van der Waals surface area contributed by atoms with Crippen molar-refractivity contribution in [1.82, 2.24) is 10.6 Å². The molecular formula is C7H17N3O3S. The molecular weight excluding hydrogens is 206 g/mol. The molecule has 0 heterocycles. The van der Waals surface area contributed by atoms with E-state index in [1.54, 1.807) is 0 Å². The average Bonchev–Trinajstić information content (AvgIpc) is 2.07. The SMILES string of the molecule is CCCNC(=O)NCCCS(N)(=O)=O. The minimum atomic E-state index is -3.41. The Morgan fingerprint density at radius 2 is 1.86 bits per heavy atom. The van der Waals surface area contributed by atoms with Crippen LogP contribution in [0.4, 0.5) is 4.79 Å². The third-order valence-corrected chi connectivity index (χ3v) is 2.28. The largest absolute Gasteiger partial charge is 0.338 e. The van der Waals surface area contributed by atoms with Crippen molar-refractivity contribution in [2.75, 3.05) is 18.8 Å². The van der Waals surface area contributed by atoms with Gasteiger partial charge in [0.15, 0.2) is 0 Å². The number of carbonyl (C=O) groups is 1. The molecule has 4 N–H and O–H groups in total. The van der Waals surface area contributed by atoms with Crippen molar-refractivity contribution in [2.24, 2.45) is 5.14 Å². The fourth-order valence-corrected chi connectivity index (χ4v) is 1.32. The van der Waals surface area contributed by atoms with Crippen LogP contribution < -0.4 is 15.8 Å². The van der Waals surface area contributed by atoms with Crippen molar-refractivity contribution in [1.29, 1.82) is 0 Å². The predicted octanol–water partition coefficient (Wildman–Crippen LogP) is -0.626. The summed E-state index contributed by atoms with van der Waals surface area (Å²) in [5.41, 5.74) is 0. The van der Waals surface area contributed by atoms with Gasteiger partial charge in [0.25, 0.3) is 0 Å². The van der Waals surface area contributed by atoms with Crippen molar-refractivity contribution in [3.63, 3.8) is 0 Å². The molecule has 14 heavy (non-hydrogen) atoms. The molecule has 2 amide bonds. The zero-order chi connectivity index (χ0) is 11.0. The van der Waals surface area contributed by atoms with Gasteiger partial charge in [0.05, 0.1) is 5.75 Å². The summed E-state index contributed by atoms with van der Waals surface area (Å²) in [5, 5.41) is 9.90. The van der Waals surface area contributed by atoms with E-state index in [0.29, 0.717) is 19.5 Å². The van der Waals surface area contributed by atoms with E-state index < -0.39 is 10.0 Å². The molecule has 0 aromatic rings. The first-order valence-corrected chi connectivity index (χ1v) is 6.19. The lowest BCUT2D eigenvalue weighted by Crippen LogP contribution is -2.37. The van der Waals surface area contributed by atoms with E-state index in [2.05, 4.69) is 10.6 Å². The molecule has 6 nitrogen and oxygen atoms in total. The molecule has 0 spiro atoms. The summed E-state index contributed by atoms with van der Waals surface area (Å²) in [5.74, 6) is -0.110. The maximum Gasteiger partial charge on any atom is 0.314 e. The standard InChI is InChI=1S/C7H17N3O3S/c1-2-4-9-7(11)10-5-3-6-14(8,12)13/h2-6H2,1H3,(H2,8,12,13)(H2,9,10,11). The van der Waals surface area contributed by atoms with Gasteiger partial charge in [-0.2, -0.15) is 0 Å². The Hall–Kier alpha value is -0.820. The minimum Gasteiger partial charge on any atom is -0.338 e. The first kappa shape index (κ1) is 13.2.